The third-order valence-electron chi connectivity index (χ3n) is 9.48. The number of hydrogen-bond acceptors (Lipinski definition) is 2. The number of rotatable bonds is 5. The summed E-state index contributed by atoms with van der Waals surface area (Å²) in [7, 11) is 1.47. The second kappa shape index (κ2) is 11.5. The summed E-state index contributed by atoms with van der Waals surface area (Å²) in [5.41, 5.74) is 13.2. The van der Waals surface area contributed by atoms with Crippen molar-refractivity contribution in [2.45, 2.75) is 67.2 Å². The Hall–Kier alpha value is -3.16. The van der Waals surface area contributed by atoms with Gasteiger partial charge < -0.3 is 25.0 Å². The molecule has 0 spiro atoms. The second-order valence-electron chi connectivity index (χ2n) is 11.6. The largest absolute Gasteiger partial charge is 2.00 e. The molecule has 1 saturated heterocycles. The third kappa shape index (κ3) is 4.56. The maximum atomic E-state index is 13.2. The molecule has 0 unspecified atom stereocenters. The van der Waals surface area contributed by atoms with Gasteiger partial charge in [0.05, 0.1) is 13.0 Å². The summed E-state index contributed by atoms with van der Waals surface area (Å²) in [6.07, 6.45) is 11.7. The zero-order valence-electron chi connectivity index (χ0n) is 25.9. The van der Waals surface area contributed by atoms with Gasteiger partial charge in [0.1, 0.15) is 0 Å². The van der Waals surface area contributed by atoms with E-state index in [9.17, 15) is 4.79 Å². The van der Waals surface area contributed by atoms with E-state index in [0.29, 0.717) is 6.42 Å². The molecule has 3 aromatic rings. The minimum absolute atomic E-state index is 0. The molecule has 0 aromatic carbocycles. The summed E-state index contributed by atoms with van der Waals surface area (Å²) in [6.45, 7) is 17.1. The van der Waals surface area contributed by atoms with Crippen LogP contribution in [0, 0.1) is 38.5 Å². The van der Waals surface area contributed by atoms with Crippen molar-refractivity contribution in [2.24, 2.45) is 17.8 Å². The molecule has 0 amide bonds. The first-order valence-corrected chi connectivity index (χ1v) is 14.8. The van der Waals surface area contributed by atoms with Crippen molar-refractivity contribution in [2.75, 3.05) is 7.11 Å². The number of esters is 1. The number of carbonyl (C=O) groups excluding carboxylic acids is 1. The van der Waals surface area contributed by atoms with Crippen LogP contribution in [0.3, 0.4) is 0 Å². The molecule has 42 heavy (non-hydrogen) atoms. The predicted molar refractivity (Wildman–Crippen MR) is 170 cm³/mol. The first-order chi connectivity index (χ1) is 19.7. The fraction of sp³-hybridized carbons (Fsp3) is 0.400. The number of allylic oxidation sites excluding steroid dienone is 2. The van der Waals surface area contributed by atoms with E-state index in [1.807, 2.05) is 6.08 Å². The number of methoxy groups -OCH3 is 1. The van der Waals surface area contributed by atoms with Gasteiger partial charge in [-0.3, -0.25) is 4.79 Å². The van der Waals surface area contributed by atoms with Crippen LogP contribution < -0.4 is 25.7 Å². The van der Waals surface area contributed by atoms with Crippen molar-refractivity contribution >= 4 is 58.9 Å². The number of ether oxygens (including phenoxy) is 1. The Morgan fingerprint density at radius 2 is 1.71 bits per heavy atom. The van der Waals surface area contributed by atoms with Crippen molar-refractivity contribution in [3.8, 4) is 0 Å². The Morgan fingerprint density at radius 1 is 1.00 bits per heavy atom. The summed E-state index contributed by atoms with van der Waals surface area (Å²) in [5, 5.41) is 7.16. The van der Waals surface area contributed by atoms with Gasteiger partial charge in [0.25, 0.3) is 0 Å². The molecule has 1 fully saturated rings. The van der Waals surface area contributed by atoms with Gasteiger partial charge >= 0.3 is 29.0 Å². The normalized spacial score (nSPS) is 24.9. The number of hydrogen-bond donors (Lipinski definition) is 0. The van der Waals surface area contributed by atoms with Crippen molar-refractivity contribution in [3.05, 3.63) is 90.1 Å². The van der Waals surface area contributed by atoms with Gasteiger partial charge in [-0.15, -0.1) is 33.5 Å². The molecule has 0 N–H and O–H groups in total. The maximum Gasteiger partial charge on any atom is 2.00 e. The van der Waals surface area contributed by atoms with Crippen LogP contribution in [-0.4, -0.2) is 36.1 Å². The van der Waals surface area contributed by atoms with Crippen LogP contribution in [0.4, 0.5) is 0 Å². The van der Waals surface area contributed by atoms with E-state index in [0.717, 1.165) is 97.5 Å². The molecule has 0 radical (unpaired) electrons. The van der Waals surface area contributed by atoms with Crippen LogP contribution in [0.25, 0.3) is 35.2 Å². The summed E-state index contributed by atoms with van der Waals surface area (Å²) in [5.74, 6) is -0.261. The van der Waals surface area contributed by atoms with Gasteiger partial charge in [-0.1, -0.05) is 91.5 Å². The summed E-state index contributed by atoms with van der Waals surface area (Å²) in [4.78, 5) is 28.6. The Morgan fingerprint density at radius 3 is 2.38 bits per heavy atom. The summed E-state index contributed by atoms with van der Waals surface area (Å²) >= 11 is 0. The molecule has 8 bridgehead atoms. The minimum atomic E-state index is -0.404. The van der Waals surface area contributed by atoms with Gasteiger partial charge in [0.15, 0.2) is 0 Å². The van der Waals surface area contributed by atoms with Crippen molar-refractivity contribution < 1.29 is 9.53 Å². The van der Waals surface area contributed by atoms with E-state index in [2.05, 4.69) is 66.3 Å². The SMILES string of the molecule is C=Cc1c2[n-]c(c1C)/C=C1\[N-]/C(=C3\c4[n-]c(c(C)c4C[C@@H]3C(=O)OC)/C=c3\[n-]/c(c(C)c3CC)=C\2)[C@@H](CCC)[C@@H]1C.[Mg+2]. The molecule has 0 saturated carbocycles. The van der Waals surface area contributed by atoms with Crippen molar-refractivity contribution in [3.63, 3.8) is 0 Å². The Bertz CT molecular complexity index is 1780. The van der Waals surface area contributed by atoms with Gasteiger partial charge in [-0.25, -0.2) is 0 Å². The maximum absolute atomic E-state index is 13.2. The van der Waals surface area contributed by atoms with E-state index in [4.69, 9.17) is 25.0 Å². The number of fused-ring (bicyclic) bond motifs is 7. The summed E-state index contributed by atoms with van der Waals surface area (Å²) in [6, 6.07) is 0. The molecule has 6 rings (SSSR count). The molecule has 3 atom stereocenters. The van der Waals surface area contributed by atoms with Gasteiger partial charge in [-0.05, 0) is 57.4 Å². The summed E-state index contributed by atoms with van der Waals surface area (Å²) < 4.78 is 5.32. The van der Waals surface area contributed by atoms with E-state index in [1.165, 1.54) is 12.7 Å². The smallest absolute Gasteiger partial charge is 0.664 e. The van der Waals surface area contributed by atoms with Gasteiger partial charge in [0.2, 0.25) is 0 Å². The van der Waals surface area contributed by atoms with Crippen LogP contribution >= 0.6 is 0 Å². The molecule has 6 nitrogen and oxygen atoms in total. The van der Waals surface area contributed by atoms with Crippen LogP contribution in [0.5, 0.6) is 0 Å². The van der Waals surface area contributed by atoms with Crippen molar-refractivity contribution in [1.29, 1.82) is 0 Å². The molecule has 5 heterocycles. The van der Waals surface area contributed by atoms with Gasteiger partial charge in [0, 0.05) is 0 Å². The Labute approximate surface area is 264 Å². The van der Waals surface area contributed by atoms with E-state index in [-0.39, 0.29) is 40.9 Å². The van der Waals surface area contributed by atoms with Crippen molar-refractivity contribution in [1.82, 2.24) is 15.0 Å². The van der Waals surface area contributed by atoms with Crippen LogP contribution in [0.2, 0.25) is 0 Å². The number of nitrogens with zero attached hydrogens (tertiary/aromatic N) is 4. The van der Waals surface area contributed by atoms with E-state index < -0.39 is 5.92 Å². The molecular formula is C35H38MgN4O2-2. The average Bonchev–Trinajstić information content (AvgIpc) is 3.71. The van der Waals surface area contributed by atoms with Crippen LogP contribution in [0.1, 0.15) is 89.8 Å². The molecule has 1 aliphatic carbocycles. The first kappa shape index (κ1) is 30.3. The van der Waals surface area contributed by atoms with E-state index in [1.54, 1.807) is 0 Å². The Balaban J connectivity index is 0.00000353. The molecule has 3 aliphatic rings. The second-order valence-corrected chi connectivity index (χ2v) is 11.6. The molecule has 214 valence electrons. The van der Waals surface area contributed by atoms with Crippen LogP contribution in [-0.2, 0) is 22.4 Å². The average molecular weight is 571 g/mol. The number of aromatic nitrogens is 3. The topological polar surface area (TPSA) is 82.7 Å². The van der Waals surface area contributed by atoms with E-state index >= 15 is 0 Å². The van der Waals surface area contributed by atoms with Gasteiger partial charge in [-0.2, -0.15) is 11.4 Å². The quantitative estimate of drug-likeness (QED) is 0.325. The molecule has 7 heteroatoms. The standard InChI is InChI=1S/C35H38N4O2.Mg/c1-9-12-23-19(6)28-14-26-17(4)21(10-2)30(36-26)15-27-18(5)22(11-3)31(37-27)16-29-20(7)24-13-25(35(40)41-8)32(33(23)38-28)34(24)39-29;/h10,14-16,19,23,25H,2,9,11-13H2,1,3-8H3;/q-4;+2/b27-15-,28-14-,31-16-,33-32-;/t19-,23-,25-;/m0./s1. The predicted octanol–water partition coefficient (Wildman–Crippen LogP) is 4.82. The molecular weight excluding hydrogens is 533 g/mol. The van der Waals surface area contributed by atoms with Crippen LogP contribution in [0.15, 0.2) is 18.0 Å². The zero-order valence-corrected chi connectivity index (χ0v) is 27.3. The molecule has 3 aromatic heterocycles. The first-order valence-electron chi connectivity index (χ1n) is 14.8. The fourth-order valence-corrected chi connectivity index (χ4v) is 7.06. The number of carbonyl (C=O) groups is 1. The molecule has 2 aliphatic heterocycles. The zero-order chi connectivity index (χ0) is 29.2. The minimum Gasteiger partial charge on any atom is -0.664 e. The Kier molecular flexibility index (Phi) is 8.29. The monoisotopic (exact) mass is 570 g/mol. The fourth-order valence-electron chi connectivity index (χ4n) is 7.06. The third-order valence-corrected chi connectivity index (χ3v) is 9.48.